The molecule has 0 aliphatic rings. The quantitative estimate of drug-likeness (QED) is 0.176. The zero-order valence-corrected chi connectivity index (χ0v) is 23.4. The van der Waals surface area contributed by atoms with Gasteiger partial charge < -0.3 is 17.2 Å². The van der Waals surface area contributed by atoms with Gasteiger partial charge in [0.05, 0.1) is 25.0 Å². The van der Waals surface area contributed by atoms with Gasteiger partial charge in [-0.3, -0.25) is 18.2 Å². The lowest BCUT2D eigenvalue weighted by Crippen LogP contribution is -2.07. The summed E-state index contributed by atoms with van der Waals surface area (Å²) in [4.78, 5) is 0. The van der Waals surface area contributed by atoms with Gasteiger partial charge in [0.25, 0.3) is 40.5 Å². The van der Waals surface area contributed by atoms with Gasteiger partial charge in [-0.2, -0.15) is 33.7 Å². The first kappa shape index (κ1) is 48.8. The lowest BCUT2D eigenvalue weighted by molar-refractivity contribution is 0.488. The Kier molecular flexibility index (Phi) is 38.4. The van der Waals surface area contributed by atoms with Gasteiger partial charge in [0, 0.05) is 0 Å². The van der Waals surface area contributed by atoms with Crippen LogP contribution < -0.4 is 17.2 Å². The molecule has 0 aromatic carbocycles. The second-order valence-corrected chi connectivity index (χ2v) is 12.5. The maximum absolute atomic E-state index is 9.19. The second-order valence-electron chi connectivity index (χ2n) is 6.66. The molecule has 0 fully saturated rings. The van der Waals surface area contributed by atoms with Crippen molar-refractivity contribution in [3.8, 4) is 0 Å². The number of rotatable bonds is 0. The zero-order chi connectivity index (χ0) is 28.7. The summed E-state index contributed by atoms with van der Waals surface area (Å²) in [5.41, 5.74) is 15.3. The van der Waals surface area contributed by atoms with Crippen LogP contribution in [0.5, 0.6) is 0 Å². The van der Waals surface area contributed by atoms with Gasteiger partial charge in [-0.1, -0.05) is 41.5 Å². The zero-order valence-electron chi connectivity index (χ0n) is 20.2. The molecule has 0 aliphatic carbocycles. The molecule has 19 heteroatoms. The van der Waals surface area contributed by atoms with Crippen LogP contribution in [0.4, 0.5) is 0 Å². The molecule has 0 saturated carbocycles. The van der Waals surface area contributed by atoms with E-state index in [1.807, 2.05) is 41.5 Å². The Labute approximate surface area is 194 Å². The maximum atomic E-state index is 9.19. The van der Waals surface area contributed by atoms with Gasteiger partial charge >= 0.3 is 0 Å². The average Bonchev–Trinajstić information content (AvgIpc) is 2.12. The van der Waals surface area contributed by atoms with Crippen LogP contribution in [-0.2, 0) is 40.5 Å². The van der Waals surface area contributed by atoms with Crippen molar-refractivity contribution in [1.29, 1.82) is 0 Å². The highest BCUT2D eigenvalue weighted by molar-refractivity contribution is 7.85. The molecule has 0 aromatic heterocycles. The van der Waals surface area contributed by atoms with E-state index in [1.54, 1.807) is 0 Å². The van der Waals surface area contributed by atoms with E-state index in [4.69, 9.17) is 35.4 Å². The summed E-state index contributed by atoms with van der Waals surface area (Å²) in [5, 5.41) is 0. The van der Waals surface area contributed by atoms with Crippen LogP contribution in [0.2, 0.25) is 0 Å². The van der Waals surface area contributed by atoms with Gasteiger partial charge in [0.1, 0.15) is 0 Å². The summed E-state index contributed by atoms with van der Waals surface area (Å²) in [6.45, 7) is 11.7. The molecule has 15 nitrogen and oxygen atoms in total. The van der Waals surface area contributed by atoms with E-state index >= 15 is 0 Å². The maximum Gasteiger partial charge on any atom is 0.261 e. The van der Waals surface area contributed by atoms with E-state index in [1.165, 1.54) is 0 Å². The minimum atomic E-state index is -3.67. The summed E-state index contributed by atoms with van der Waals surface area (Å²) in [7, 11) is -14.7. The summed E-state index contributed by atoms with van der Waals surface area (Å²) < 4.78 is 103. The van der Waals surface area contributed by atoms with E-state index in [-0.39, 0.29) is 0 Å². The van der Waals surface area contributed by atoms with Gasteiger partial charge in [-0.05, 0) is 18.1 Å². The van der Waals surface area contributed by atoms with Crippen molar-refractivity contribution in [2.75, 3.05) is 25.0 Å². The van der Waals surface area contributed by atoms with Crippen molar-refractivity contribution in [2.45, 2.75) is 59.7 Å². The average molecular weight is 562 g/mol. The van der Waals surface area contributed by atoms with Crippen LogP contribution in [0.25, 0.3) is 0 Å². The fourth-order valence-corrected chi connectivity index (χ4v) is 0. The molecule has 206 valence electrons. The van der Waals surface area contributed by atoms with Crippen LogP contribution >= 0.6 is 0 Å². The fraction of sp³-hybridized carbons (Fsp3) is 1.00. The molecule has 0 aromatic rings. The normalized spacial score (nSPS) is 10.6. The lowest BCUT2D eigenvalue weighted by atomic mass is 10.4. The summed E-state index contributed by atoms with van der Waals surface area (Å²) in [5.74, 6) is 0. The standard InChI is InChI=1S/3C3H9N.4CH4O3S/c3*1-3(2)4;4*1-5(2,3)4/h3*3H,4H2,1-2H3;4*1H3,(H,2,3,4). The number of hydrogen-bond donors (Lipinski definition) is 7. The lowest BCUT2D eigenvalue weighted by Gasteiger charge is -1.81. The first-order valence-electron chi connectivity index (χ1n) is 8.16. The molecule has 0 unspecified atom stereocenters. The highest BCUT2D eigenvalue weighted by Crippen LogP contribution is 1.62. The van der Waals surface area contributed by atoms with Crippen LogP contribution in [0.3, 0.4) is 0 Å². The Morgan fingerprint density at radius 2 is 0.406 bits per heavy atom. The summed E-state index contributed by atoms with van der Waals surface area (Å²) in [6, 6.07) is 1.000. The first-order valence-corrected chi connectivity index (χ1v) is 15.6. The smallest absolute Gasteiger partial charge is 0.261 e. The molecule has 0 aliphatic heterocycles. The van der Waals surface area contributed by atoms with Crippen molar-refractivity contribution in [3.63, 3.8) is 0 Å². The Morgan fingerprint density at radius 3 is 0.406 bits per heavy atom. The molecule has 0 spiro atoms. The Hall–Kier alpha value is -0.480. The van der Waals surface area contributed by atoms with Crippen molar-refractivity contribution >= 4 is 40.5 Å². The molecule has 32 heavy (non-hydrogen) atoms. The van der Waals surface area contributed by atoms with Crippen LogP contribution in [-0.4, -0.2) is 95.0 Å². The molecule has 0 bridgehead atoms. The second kappa shape index (κ2) is 25.1. The molecule has 0 heterocycles. The molecule has 0 rings (SSSR count). The molecular weight excluding hydrogens is 518 g/mol. The molecule has 0 atom stereocenters. The van der Waals surface area contributed by atoms with E-state index in [9.17, 15) is 33.7 Å². The summed E-state index contributed by atoms with van der Waals surface area (Å²) >= 11 is 0. The van der Waals surface area contributed by atoms with E-state index in [0.29, 0.717) is 43.1 Å². The monoisotopic (exact) mass is 561 g/mol. The Bertz CT molecular complexity index is 615. The summed E-state index contributed by atoms with van der Waals surface area (Å²) in [6.07, 6.45) is 2.86. The first-order chi connectivity index (χ1) is 13.2. The molecule has 0 radical (unpaired) electrons. The minimum Gasteiger partial charge on any atom is -0.328 e. The SMILES string of the molecule is CC(C)N.CC(C)N.CC(C)N.CS(=O)(=O)O.CS(=O)(=O)O.CS(=O)(=O)O.CS(=O)(=O)O. The van der Waals surface area contributed by atoms with Crippen LogP contribution in [0.15, 0.2) is 0 Å². The molecule has 0 amide bonds. The third-order valence-corrected chi connectivity index (χ3v) is 0. The Morgan fingerprint density at radius 1 is 0.406 bits per heavy atom. The van der Waals surface area contributed by atoms with Crippen molar-refractivity contribution in [2.24, 2.45) is 17.2 Å². The predicted molar refractivity (Wildman–Crippen MR) is 128 cm³/mol. The van der Waals surface area contributed by atoms with Crippen LogP contribution in [0, 0.1) is 0 Å². The highest BCUT2D eigenvalue weighted by Gasteiger charge is 1.82. The minimum absolute atomic E-state index is 0.333. The van der Waals surface area contributed by atoms with E-state index in [2.05, 4.69) is 0 Å². The largest absolute Gasteiger partial charge is 0.328 e. The van der Waals surface area contributed by atoms with Crippen molar-refractivity contribution in [3.05, 3.63) is 0 Å². The van der Waals surface area contributed by atoms with Crippen LogP contribution in [0.1, 0.15) is 41.5 Å². The Balaban J connectivity index is -0.0000000457. The van der Waals surface area contributed by atoms with Crippen molar-refractivity contribution < 1.29 is 51.9 Å². The topological polar surface area (TPSA) is 296 Å². The van der Waals surface area contributed by atoms with E-state index < -0.39 is 40.5 Å². The number of nitrogens with two attached hydrogens (primary N) is 3. The molecule has 10 N–H and O–H groups in total. The van der Waals surface area contributed by atoms with Gasteiger partial charge in [0.2, 0.25) is 0 Å². The fourth-order valence-electron chi connectivity index (χ4n) is 0. The van der Waals surface area contributed by atoms with Gasteiger partial charge in [-0.25, -0.2) is 0 Å². The highest BCUT2D eigenvalue weighted by atomic mass is 32.2. The van der Waals surface area contributed by atoms with Crippen molar-refractivity contribution in [1.82, 2.24) is 0 Å². The third-order valence-electron chi connectivity index (χ3n) is 0. The third kappa shape index (κ3) is 104000. The molecular formula is C13H43N3O12S4. The van der Waals surface area contributed by atoms with E-state index in [0.717, 1.165) is 0 Å². The van der Waals surface area contributed by atoms with Gasteiger partial charge in [-0.15, -0.1) is 0 Å². The predicted octanol–water partition coefficient (Wildman–Crippen LogP) is -0.923. The molecule has 0 saturated heterocycles. The van der Waals surface area contributed by atoms with Gasteiger partial charge in [0.15, 0.2) is 0 Å². The number of hydrogen-bond acceptors (Lipinski definition) is 11.